The predicted octanol–water partition coefficient (Wildman–Crippen LogP) is 1.78. The number of nitrogens with one attached hydrogen (secondary N) is 1. The highest BCUT2D eigenvalue weighted by molar-refractivity contribution is 5.80. The first-order chi connectivity index (χ1) is 11.6. The fourth-order valence-corrected chi connectivity index (χ4v) is 2.93. The van der Waals surface area contributed by atoms with Gasteiger partial charge in [0.2, 0.25) is 5.91 Å². The van der Waals surface area contributed by atoms with E-state index in [1.165, 1.54) is 0 Å². The van der Waals surface area contributed by atoms with Crippen molar-refractivity contribution >= 4 is 11.9 Å². The predicted molar refractivity (Wildman–Crippen MR) is 90.5 cm³/mol. The lowest BCUT2D eigenvalue weighted by molar-refractivity contribution is -0.142. The molecule has 0 aromatic heterocycles. The lowest BCUT2D eigenvalue weighted by atomic mass is 10.1. The molecule has 0 unspecified atom stereocenters. The molecule has 1 aromatic carbocycles. The summed E-state index contributed by atoms with van der Waals surface area (Å²) >= 11 is 0. The third-order valence-electron chi connectivity index (χ3n) is 4.20. The number of benzene rings is 1. The summed E-state index contributed by atoms with van der Waals surface area (Å²) in [5.41, 5.74) is 2.09. The molecular formula is C18H26N2O4. The fourth-order valence-electron chi connectivity index (χ4n) is 2.93. The van der Waals surface area contributed by atoms with Crippen LogP contribution in [-0.4, -0.2) is 47.6 Å². The molecule has 1 saturated heterocycles. The summed E-state index contributed by atoms with van der Waals surface area (Å²) in [7, 11) is 0. The Bertz CT molecular complexity index is 562. The summed E-state index contributed by atoms with van der Waals surface area (Å²) < 4.78 is 5.58. The topological polar surface area (TPSA) is 78.9 Å². The summed E-state index contributed by atoms with van der Waals surface area (Å²) in [4.78, 5) is 25.0. The smallest absolute Gasteiger partial charge is 0.320 e. The van der Waals surface area contributed by atoms with E-state index in [0.717, 1.165) is 24.0 Å². The molecule has 1 aliphatic rings. The zero-order valence-electron chi connectivity index (χ0n) is 14.2. The molecule has 0 bridgehead atoms. The van der Waals surface area contributed by atoms with Gasteiger partial charge >= 0.3 is 5.97 Å². The van der Waals surface area contributed by atoms with Crippen LogP contribution in [0.3, 0.4) is 0 Å². The maximum atomic E-state index is 12.1. The number of carbonyl (C=O) groups is 2. The second kappa shape index (κ2) is 9.39. The van der Waals surface area contributed by atoms with E-state index in [1.54, 1.807) is 4.90 Å². The Morgan fingerprint density at radius 3 is 2.79 bits per heavy atom. The molecule has 1 aromatic rings. The van der Waals surface area contributed by atoms with Gasteiger partial charge in [0.05, 0.1) is 13.2 Å². The van der Waals surface area contributed by atoms with Crippen molar-refractivity contribution in [3.8, 4) is 0 Å². The molecule has 1 heterocycles. The molecule has 1 amide bonds. The molecule has 1 aliphatic heterocycles. The lowest BCUT2D eigenvalue weighted by Gasteiger charge is -2.20. The molecule has 2 rings (SSSR count). The monoisotopic (exact) mass is 334 g/mol. The number of carboxylic acid groups (broad SMARTS) is 1. The Morgan fingerprint density at radius 2 is 2.08 bits per heavy atom. The van der Waals surface area contributed by atoms with Crippen molar-refractivity contribution in [1.82, 2.24) is 10.2 Å². The molecule has 0 saturated carbocycles. The van der Waals surface area contributed by atoms with Crippen molar-refractivity contribution in [2.45, 2.75) is 45.4 Å². The third kappa shape index (κ3) is 5.32. The van der Waals surface area contributed by atoms with Gasteiger partial charge in [-0.3, -0.25) is 14.5 Å². The highest BCUT2D eigenvalue weighted by Crippen LogP contribution is 2.16. The summed E-state index contributed by atoms with van der Waals surface area (Å²) in [5.74, 6) is -0.994. The van der Waals surface area contributed by atoms with Crippen LogP contribution in [-0.2, 0) is 27.5 Å². The summed E-state index contributed by atoms with van der Waals surface area (Å²) in [6.07, 6.45) is 2.40. The number of nitrogens with zero attached hydrogens (tertiary/aromatic N) is 1. The molecule has 0 radical (unpaired) electrons. The van der Waals surface area contributed by atoms with E-state index in [0.29, 0.717) is 32.7 Å². The average Bonchev–Trinajstić information content (AvgIpc) is 3.02. The fraction of sp³-hybridized carbons (Fsp3) is 0.556. The van der Waals surface area contributed by atoms with Crippen molar-refractivity contribution < 1.29 is 19.4 Å². The number of ether oxygens (including phenoxy) is 1. The van der Waals surface area contributed by atoms with Gasteiger partial charge in [-0.15, -0.1) is 0 Å². The molecule has 0 spiro atoms. The van der Waals surface area contributed by atoms with Crippen molar-refractivity contribution in [3.63, 3.8) is 0 Å². The van der Waals surface area contributed by atoms with Gasteiger partial charge in [-0.2, -0.15) is 0 Å². The van der Waals surface area contributed by atoms with E-state index in [9.17, 15) is 9.59 Å². The molecule has 1 atom stereocenters. The number of hydrogen-bond donors (Lipinski definition) is 2. The van der Waals surface area contributed by atoms with E-state index in [1.807, 2.05) is 24.3 Å². The number of aliphatic carboxylic acids is 1. The number of likely N-dealkylation sites (tertiary alicyclic amines) is 1. The minimum absolute atomic E-state index is 0.130. The van der Waals surface area contributed by atoms with E-state index in [4.69, 9.17) is 9.84 Å². The first-order valence-corrected chi connectivity index (χ1v) is 8.50. The second-order valence-corrected chi connectivity index (χ2v) is 6.06. The Kier molecular flexibility index (Phi) is 7.21. The number of rotatable bonds is 9. The van der Waals surface area contributed by atoms with Gasteiger partial charge in [0.25, 0.3) is 0 Å². The van der Waals surface area contributed by atoms with Crippen molar-refractivity contribution in [2.75, 3.05) is 19.7 Å². The van der Waals surface area contributed by atoms with Crippen molar-refractivity contribution in [1.29, 1.82) is 0 Å². The van der Waals surface area contributed by atoms with Crippen LogP contribution < -0.4 is 5.32 Å². The maximum absolute atomic E-state index is 12.1. The second-order valence-electron chi connectivity index (χ2n) is 6.06. The number of carbonyl (C=O) groups excluding carboxylic acids is 1. The van der Waals surface area contributed by atoms with Crippen molar-refractivity contribution in [2.24, 2.45) is 0 Å². The van der Waals surface area contributed by atoms with E-state index < -0.39 is 12.0 Å². The van der Waals surface area contributed by atoms with Crippen LogP contribution in [0.5, 0.6) is 0 Å². The van der Waals surface area contributed by atoms with Crippen LogP contribution in [0, 0.1) is 0 Å². The van der Waals surface area contributed by atoms with E-state index in [-0.39, 0.29) is 12.5 Å². The maximum Gasteiger partial charge on any atom is 0.320 e. The van der Waals surface area contributed by atoms with Gasteiger partial charge in [-0.25, -0.2) is 0 Å². The Labute approximate surface area is 142 Å². The summed E-state index contributed by atoms with van der Waals surface area (Å²) in [6.45, 7) is 4.53. The summed E-state index contributed by atoms with van der Waals surface area (Å²) in [6, 6.07) is 7.33. The minimum atomic E-state index is -0.848. The SMILES string of the molecule is CCCOCc1ccccc1CNC(=O)CN1CCC[C@@H]1C(=O)O. The van der Waals surface area contributed by atoms with Gasteiger partial charge in [0.15, 0.2) is 0 Å². The molecule has 132 valence electrons. The average molecular weight is 334 g/mol. The van der Waals surface area contributed by atoms with Gasteiger partial charge in [0.1, 0.15) is 6.04 Å². The Balaban J connectivity index is 1.84. The van der Waals surface area contributed by atoms with E-state index >= 15 is 0 Å². The number of amides is 1. The Hall–Kier alpha value is -1.92. The first-order valence-electron chi connectivity index (χ1n) is 8.50. The van der Waals surface area contributed by atoms with Gasteiger partial charge in [-0.05, 0) is 36.9 Å². The lowest BCUT2D eigenvalue weighted by Crippen LogP contribution is -2.42. The molecular weight excluding hydrogens is 308 g/mol. The van der Waals surface area contributed by atoms with Gasteiger partial charge < -0.3 is 15.2 Å². The largest absolute Gasteiger partial charge is 0.480 e. The summed E-state index contributed by atoms with van der Waals surface area (Å²) in [5, 5.41) is 12.0. The van der Waals surface area contributed by atoms with Crippen LogP contribution in [0.4, 0.5) is 0 Å². The zero-order chi connectivity index (χ0) is 17.4. The van der Waals surface area contributed by atoms with Gasteiger partial charge in [0, 0.05) is 13.2 Å². The first kappa shape index (κ1) is 18.4. The normalized spacial score (nSPS) is 17.8. The number of carboxylic acids is 1. The molecule has 24 heavy (non-hydrogen) atoms. The standard InChI is InChI=1S/C18H26N2O4/c1-2-10-24-13-15-7-4-3-6-14(15)11-19-17(21)12-20-9-5-8-16(20)18(22)23/h3-4,6-7,16H,2,5,8-13H2,1H3,(H,19,21)(H,22,23)/t16-/m1/s1. The van der Waals surface area contributed by atoms with Crippen molar-refractivity contribution in [3.05, 3.63) is 35.4 Å². The van der Waals surface area contributed by atoms with Crippen LogP contribution in [0.2, 0.25) is 0 Å². The molecule has 1 fully saturated rings. The highest BCUT2D eigenvalue weighted by Gasteiger charge is 2.31. The molecule has 6 nitrogen and oxygen atoms in total. The quantitative estimate of drug-likeness (QED) is 0.673. The molecule has 2 N–H and O–H groups in total. The van der Waals surface area contributed by atoms with Crippen LogP contribution in [0.1, 0.15) is 37.3 Å². The van der Waals surface area contributed by atoms with Crippen LogP contribution >= 0.6 is 0 Å². The van der Waals surface area contributed by atoms with Gasteiger partial charge in [-0.1, -0.05) is 31.2 Å². The highest BCUT2D eigenvalue weighted by atomic mass is 16.5. The van der Waals surface area contributed by atoms with Crippen LogP contribution in [0.15, 0.2) is 24.3 Å². The van der Waals surface area contributed by atoms with E-state index in [2.05, 4.69) is 12.2 Å². The molecule has 0 aliphatic carbocycles. The Morgan fingerprint density at radius 1 is 1.33 bits per heavy atom. The minimum Gasteiger partial charge on any atom is -0.480 e. The third-order valence-corrected chi connectivity index (χ3v) is 4.20. The molecule has 6 heteroatoms. The number of hydrogen-bond acceptors (Lipinski definition) is 4. The van der Waals surface area contributed by atoms with Crippen LogP contribution in [0.25, 0.3) is 0 Å². The zero-order valence-corrected chi connectivity index (χ0v) is 14.2.